The minimum absolute atomic E-state index is 0.359. The fourth-order valence-corrected chi connectivity index (χ4v) is 3.63. The van der Waals surface area contributed by atoms with Crippen LogP contribution in [0.1, 0.15) is 26.0 Å². The summed E-state index contributed by atoms with van der Waals surface area (Å²) in [5.41, 5.74) is 2.39. The predicted molar refractivity (Wildman–Crippen MR) is 127 cm³/mol. The summed E-state index contributed by atoms with van der Waals surface area (Å²) in [7, 11) is 0. The summed E-state index contributed by atoms with van der Waals surface area (Å²) in [6, 6.07) is 10.2. The van der Waals surface area contributed by atoms with Crippen molar-refractivity contribution in [2.45, 2.75) is 38.3 Å². The van der Waals surface area contributed by atoms with Gasteiger partial charge in [0, 0.05) is 31.4 Å². The highest BCUT2D eigenvalue weighted by atomic mass is 16.3. The lowest BCUT2D eigenvalue weighted by atomic mass is 10.1. The highest BCUT2D eigenvalue weighted by Gasteiger charge is 2.16. The smallest absolute Gasteiger partial charge is 0.154 e. The number of pyridine rings is 1. The summed E-state index contributed by atoms with van der Waals surface area (Å²) in [6.07, 6.45) is 6.77. The SMILES string of the molecule is C=CN(CC(C)(C)O)/N=C\Cc1ccc2ncc(-c3cccc(NC4CCNC4)n3)n2n1. The number of imidazole rings is 1. The van der Waals surface area contributed by atoms with Crippen molar-refractivity contribution in [2.24, 2.45) is 5.10 Å². The second-order valence-electron chi connectivity index (χ2n) is 8.57. The van der Waals surface area contributed by atoms with Gasteiger partial charge in [-0.1, -0.05) is 12.6 Å². The first-order chi connectivity index (χ1) is 15.4. The van der Waals surface area contributed by atoms with Gasteiger partial charge in [-0.2, -0.15) is 10.2 Å². The lowest BCUT2D eigenvalue weighted by Gasteiger charge is -2.23. The number of aromatic nitrogens is 4. The second-order valence-corrected chi connectivity index (χ2v) is 8.57. The number of hydrogen-bond donors (Lipinski definition) is 3. The third kappa shape index (κ3) is 5.49. The van der Waals surface area contributed by atoms with E-state index in [0.717, 1.165) is 48.1 Å². The largest absolute Gasteiger partial charge is 0.389 e. The Labute approximate surface area is 187 Å². The molecule has 0 saturated carbocycles. The van der Waals surface area contributed by atoms with Crippen LogP contribution in [0.4, 0.5) is 5.82 Å². The van der Waals surface area contributed by atoms with Crippen molar-refractivity contribution in [2.75, 3.05) is 25.0 Å². The van der Waals surface area contributed by atoms with Gasteiger partial charge < -0.3 is 15.7 Å². The third-order valence-corrected chi connectivity index (χ3v) is 5.13. The molecule has 0 aliphatic carbocycles. The van der Waals surface area contributed by atoms with E-state index < -0.39 is 5.60 Å². The Kier molecular flexibility index (Phi) is 6.48. The van der Waals surface area contributed by atoms with Gasteiger partial charge in [-0.15, -0.1) is 0 Å². The molecule has 0 bridgehead atoms. The molecule has 0 amide bonds. The number of hydrazone groups is 1. The van der Waals surface area contributed by atoms with E-state index >= 15 is 0 Å². The average Bonchev–Trinajstić information content (AvgIpc) is 3.42. The van der Waals surface area contributed by atoms with Gasteiger partial charge in [-0.05, 0) is 51.1 Å². The quantitative estimate of drug-likeness (QED) is 0.351. The topological polar surface area (TPSA) is 103 Å². The van der Waals surface area contributed by atoms with E-state index in [9.17, 15) is 5.11 Å². The Balaban J connectivity index is 1.52. The average molecular weight is 435 g/mol. The molecular formula is C23H30N8O. The Morgan fingerprint density at radius 3 is 3.00 bits per heavy atom. The molecule has 1 unspecified atom stereocenters. The van der Waals surface area contributed by atoms with Crippen LogP contribution in [0.15, 0.2) is 54.4 Å². The van der Waals surface area contributed by atoms with Gasteiger partial charge in [0.05, 0.1) is 29.7 Å². The summed E-state index contributed by atoms with van der Waals surface area (Å²) < 4.78 is 1.81. The van der Waals surface area contributed by atoms with Crippen LogP contribution >= 0.6 is 0 Å². The molecule has 3 aromatic rings. The Morgan fingerprint density at radius 1 is 1.38 bits per heavy atom. The first kappa shape index (κ1) is 21.9. The van der Waals surface area contributed by atoms with Gasteiger partial charge >= 0.3 is 0 Å². The molecule has 1 atom stereocenters. The lowest BCUT2D eigenvalue weighted by molar-refractivity contribution is 0.0516. The van der Waals surface area contributed by atoms with Crippen molar-refractivity contribution in [3.05, 3.63) is 55.0 Å². The van der Waals surface area contributed by atoms with E-state index in [4.69, 9.17) is 10.1 Å². The molecule has 0 radical (unpaired) electrons. The van der Waals surface area contributed by atoms with Crippen LogP contribution in [-0.2, 0) is 6.42 Å². The van der Waals surface area contributed by atoms with Gasteiger partial charge in [0.15, 0.2) is 5.65 Å². The number of nitrogens with one attached hydrogen (secondary N) is 2. The van der Waals surface area contributed by atoms with E-state index in [2.05, 4.69) is 27.3 Å². The summed E-state index contributed by atoms with van der Waals surface area (Å²) in [4.78, 5) is 9.26. The number of anilines is 1. The number of hydrogen-bond acceptors (Lipinski definition) is 8. The summed E-state index contributed by atoms with van der Waals surface area (Å²) in [6.45, 7) is 9.56. The highest BCUT2D eigenvalue weighted by Crippen LogP contribution is 2.21. The van der Waals surface area contributed by atoms with Crippen LogP contribution < -0.4 is 10.6 Å². The molecule has 9 nitrogen and oxygen atoms in total. The van der Waals surface area contributed by atoms with Crippen LogP contribution in [0.3, 0.4) is 0 Å². The minimum atomic E-state index is -0.862. The summed E-state index contributed by atoms with van der Waals surface area (Å²) >= 11 is 0. The summed E-state index contributed by atoms with van der Waals surface area (Å²) in [5, 5.41) is 27.5. The zero-order chi connectivity index (χ0) is 22.6. The zero-order valence-corrected chi connectivity index (χ0v) is 18.6. The summed E-state index contributed by atoms with van der Waals surface area (Å²) in [5.74, 6) is 0.853. The van der Waals surface area contributed by atoms with E-state index in [-0.39, 0.29) is 0 Å². The standard InChI is InChI=1S/C23H30N8O/c1-4-30(16-23(2,3)32)26-13-11-17-8-9-22-25-15-20(31(22)29-17)19-6-5-7-21(28-19)27-18-10-12-24-14-18/h4-9,13,15,18,24,32H,1,10-12,14,16H2,2-3H3,(H,27,28)/b26-13-. The number of fused-ring (bicyclic) bond motifs is 1. The monoisotopic (exact) mass is 434 g/mol. The molecule has 32 heavy (non-hydrogen) atoms. The third-order valence-electron chi connectivity index (χ3n) is 5.13. The molecular weight excluding hydrogens is 404 g/mol. The highest BCUT2D eigenvalue weighted by molar-refractivity contribution is 5.63. The van der Waals surface area contributed by atoms with E-state index in [1.54, 1.807) is 37.5 Å². The van der Waals surface area contributed by atoms with E-state index in [0.29, 0.717) is 19.0 Å². The zero-order valence-electron chi connectivity index (χ0n) is 18.6. The van der Waals surface area contributed by atoms with Crippen molar-refractivity contribution in [3.63, 3.8) is 0 Å². The van der Waals surface area contributed by atoms with Gasteiger partial charge in [-0.3, -0.25) is 5.01 Å². The van der Waals surface area contributed by atoms with Crippen LogP contribution in [-0.4, -0.2) is 67.2 Å². The Hall–Kier alpha value is -3.30. The molecule has 1 saturated heterocycles. The molecule has 9 heteroatoms. The first-order valence-corrected chi connectivity index (χ1v) is 10.8. The number of aliphatic hydroxyl groups is 1. The molecule has 3 N–H and O–H groups in total. The molecule has 1 aliphatic heterocycles. The molecule has 0 spiro atoms. The van der Waals surface area contributed by atoms with E-state index in [1.165, 1.54) is 0 Å². The fourth-order valence-electron chi connectivity index (χ4n) is 3.63. The van der Waals surface area contributed by atoms with Crippen molar-refractivity contribution in [1.29, 1.82) is 0 Å². The van der Waals surface area contributed by atoms with Crippen LogP contribution in [0.2, 0.25) is 0 Å². The fraction of sp³-hybridized carbons (Fsp3) is 0.391. The number of nitrogens with zero attached hydrogens (tertiary/aromatic N) is 6. The molecule has 0 aromatic carbocycles. The molecule has 1 aliphatic rings. The van der Waals surface area contributed by atoms with Crippen LogP contribution in [0.5, 0.6) is 0 Å². The maximum Gasteiger partial charge on any atom is 0.154 e. The molecule has 3 aromatic heterocycles. The number of rotatable bonds is 9. The van der Waals surface area contributed by atoms with Crippen molar-refractivity contribution in [3.8, 4) is 11.4 Å². The normalized spacial score (nSPS) is 16.7. The molecule has 1 fully saturated rings. The van der Waals surface area contributed by atoms with Crippen molar-refractivity contribution < 1.29 is 5.11 Å². The van der Waals surface area contributed by atoms with Crippen LogP contribution in [0.25, 0.3) is 17.0 Å². The minimum Gasteiger partial charge on any atom is -0.389 e. The van der Waals surface area contributed by atoms with Gasteiger partial charge in [0.1, 0.15) is 11.5 Å². The maximum absolute atomic E-state index is 9.97. The van der Waals surface area contributed by atoms with E-state index in [1.807, 2.05) is 34.8 Å². The lowest BCUT2D eigenvalue weighted by Crippen LogP contribution is -2.32. The second kappa shape index (κ2) is 9.46. The maximum atomic E-state index is 9.97. The van der Waals surface area contributed by atoms with Crippen molar-refractivity contribution in [1.82, 2.24) is 29.9 Å². The Morgan fingerprint density at radius 2 is 2.25 bits per heavy atom. The van der Waals surface area contributed by atoms with Gasteiger partial charge in [-0.25, -0.2) is 14.5 Å². The van der Waals surface area contributed by atoms with Gasteiger partial charge in [0.2, 0.25) is 0 Å². The molecule has 168 valence electrons. The predicted octanol–water partition coefficient (Wildman–Crippen LogP) is 2.31. The molecule has 4 heterocycles. The first-order valence-electron chi connectivity index (χ1n) is 10.8. The van der Waals surface area contributed by atoms with Crippen LogP contribution in [0, 0.1) is 0 Å². The molecule has 4 rings (SSSR count). The van der Waals surface area contributed by atoms with Gasteiger partial charge in [0.25, 0.3) is 0 Å². The van der Waals surface area contributed by atoms with Crippen molar-refractivity contribution >= 4 is 17.7 Å². The Bertz CT molecular complexity index is 1090.